The molecule has 0 aliphatic carbocycles. The van der Waals surface area contributed by atoms with Crippen LogP contribution < -0.4 is 10.6 Å². The highest BCUT2D eigenvalue weighted by Gasteiger charge is 2.17. The van der Waals surface area contributed by atoms with Crippen molar-refractivity contribution < 1.29 is 23.9 Å². The highest BCUT2D eigenvalue weighted by molar-refractivity contribution is 6.06. The lowest BCUT2D eigenvalue weighted by molar-refractivity contribution is 0.0587. The first-order valence-corrected chi connectivity index (χ1v) is 7.81. The Morgan fingerprint density at radius 2 is 1.50 bits per heavy atom. The summed E-state index contributed by atoms with van der Waals surface area (Å²) in [6, 6.07) is 9.12. The SMILES string of the molecule is COC(=O)c1ccc(C(=O)OC)c(NC(=O)Nc2ccc(C)c(C)c2)c1. The topological polar surface area (TPSA) is 93.7 Å². The normalized spacial score (nSPS) is 10.0. The number of anilines is 2. The van der Waals surface area contributed by atoms with E-state index >= 15 is 0 Å². The van der Waals surface area contributed by atoms with Gasteiger partial charge in [-0.3, -0.25) is 0 Å². The molecule has 0 saturated heterocycles. The van der Waals surface area contributed by atoms with E-state index in [1.165, 1.54) is 32.4 Å². The van der Waals surface area contributed by atoms with Crippen molar-refractivity contribution >= 4 is 29.3 Å². The molecular weight excluding hydrogens is 336 g/mol. The van der Waals surface area contributed by atoms with Gasteiger partial charge in [-0.05, 0) is 55.3 Å². The zero-order valence-electron chi connectivity index (χ0n) is 15.0. The van der Waals surface area contributed by atoms with Gasteiger partial charge < -0.3 is 20.1 Å². The van der Waals surface area contributed by atoms with E-state index in [1.807, 2.05) is 26.0 Å². The van der Waals surface area contributed by atoms with Gasteiger partial charge in [0.05, 0.1) is 31.0 Å². The molecule has 136 valence electrons. The van der Waals surface area contributed by atoms with Crippen LogP contribution in [-0.2, 0) is 9.47 Å². The Kier molecular flexibility index (Phi) is 5.95. The third-order valence-corrected chi connectivity index (χ3v) is 3.86. The highest BCUT2D eigenvalue weighted by Crippen LogP contribution is 2.21. The molecular formula is C19H20N2O5. The van der Waals surface area contributed by atoms with Crippen LogP contribution in [0.1, 0.15) is 31.8 Å². The second-order valence-corrected chi connectivity index (χ2v) is 5.62. The van der Waals surface area contributed by atoms with Crippen LogP contribution in [0.2, 0.25) is 0 Å². The number of rotatable bonds is 4. The zero-order valence-corrected chi connectivity index (χ0v) is 15.0. The van der Waals surface area contributed by atoms with Gasteiger partial charge in [0.1, 0.15) is 0 Å². The van der Waals surface area contributed by atoms with Crippen molar-refractivity contribution in [3.05, 3.63) is 58.7 Å². The van der Waals surface area contributed by atoms with Crippen LogP contribution in [0.4, 0.5) is 16.2 Å². The Labute approximate surface area is 151 Å². The van der Waals surface area contributed by atoms with Gasteiger partial charge in [0.25, 0.3) is 0 Å². The molecule has 0 aliphatic rings. The minimum absolute atomic E-state index is 0.121. The standard InChI is InChI=1S/C19H20N2O5/c1-11-5-7-14(9-12(11)2)20-19(24)21-16-10-13(17(22)25-3)6-8-15(16)18(23)26-4/h5-10H,1-4H3,(H2,20,21,24). The van der Waals surface area contributed by atoms with E-state index in [1.54, 1.807) is 6.07 Å². The molecule has 2 aromatic carbocycles. The molecule has 0 heterocycles. The summed E-state index contributed by atoms with van der Waals surface area (Å²) in [7, 11) is 2.48. The Morgan fingerprint density at radius 3 is 2.12 bits per heavy atom. The summed E-state index contributed by atoms with van der Waals surface area (Å²) in [5.41, 5.74) is 3.20. The Bertz CT molecular complexity index is 861. The predicted octanol–water partition coefficient (Wildman–Crippen LogP) is 3.52. The van der Waals surface area contributed by atoms with Gasteiger partial charge in [0, 0.05) is 5.69 Å². The van der Waals surface area contributed by atoms with Gasteiger partial charge in [-0.15, -0.1) is 0 Å². The zero-order chi connectivity index (χ0) is 19.3. The van der Waals surface area contributed by atoms with E-state index in [0.717, 1.165) is 11.1 Å². The number of carbonyl (C=O) groups is 3. The summed E-state index contributed by atoms with van der Waals surface area (Å²) in [6.07, 6.45) is 0. The summed E-state index contributed by atoms with van der Waals surface area (Å²) in [5, 5.41) is 5.26. The van der Waals surface area contributed by atoms with E-state index in [9.17, 15) is 14.4 Å². The molecule has 7 heteroatoms. The molecule has 0 atom stereocenters. The maximum absolute atomic E-state index is 12.3. The molecule has 0 aliphatic heterocycles. The summed E-state index contributed by atoms with van der Waals surface area (Å²) in [6.45, 7) is 3.91. The number of carbonyl (C=O) groups excluding carboxylic acids is 3. The number of urea groups is 1. The molecule has 7 nitrogen and oxygen atoms in total. The van der Waals surface area contributed by atoms with Crippen LogP contribution in [-0.4, -0.2) is 32.2 Å². The third kappa shape index (κ3) is 4.38. The fourth-order valence-electron chi connectivity index (χ4n) is 2.28. The van der Waals surface area contributed by atoms with Crippen LogP contribution in [0.25, 0.3) is 0 Å². The monoisotopic (exact) mass is 356 g/mol. The molecule has 0 saturated carbocycles. The lowest BCUT2D eigenvalue weighted by Crippen LogP contribution is -2.21. The molecule has 0 fully saturated rings. The van der Waals surface area contributed by atoms with Crippen molar-refractivity contribution in [2.45, 2.75) is 13.8 Å². The van der Waals surface area contributed by atoms with Crippen molar-refractivity contribution in [2.24, 2.45) is 0 Å². The first kappa shape index (κ1) is 19.0. The largest absolute Gasteiger partial charge is 0.465 e. The van der Waals surface area contributed by atoms with Crippen LogP contribution in [0.5, 0.6) is 0 Å². The first-order chi connectivity index (χ1) is 12.3. The van der Waals surface area contributed by atoms with Crippen LogP contribution in [0, 0.1) is 13.8 Å². The quantitative estimate of drug-likeness (QED) is 0.818. The molecule has 2 rings (SSSR count). The second kappa shape index (κ2) is 8.15. The average Bonchev–Trinajstić information content (AvgIpc) is 2.63. The Hall–Kier alpha value is -3.35. The summed E-state index contributed by atoms with van der Waals surface area (Å²) < 4.78 is 9.37. The number of nitrogens with one attached hydrogen (secondary N) is 2. The summed E-state index contributed by atoms with van der Waals surface area (Å²) >= 11 is 0. The van der Waals surface area contributed by atoms with Crippen LogP contribution >= 0.6 is 0 Å². The number of amides is 2. The van der Waals surface area contributed by atoms with E-state index in [2.05, 4.69) is 15.4 Å². The number of aryl methyl sites for hydroxylation is 2. The fraction of sp³-hybridized carbons (Fsp3) is 0.211. The highest BCUT2D eigenvalue weighted by atomic mass is 16.5. The second-order valence-electron chi connectivity index (χ2n) is 5.62. The summed E-state index contributed by atoms with van der Waals surface area (Å²) in [4.78, 5) is 35.9. The van der Waals surface area contributed by atoms with Crippen molar-refractivity contribution in [1.82, 2.24) is 0 Å². The minimum atomic E-state index is -0.636. The molecule has 2 amide bonds. The number of ether oxygens (including phenoxy) is 2. The van der Waals surface area contributed by atoms with Crippen LogP contribution in [0.15, 0.2) is 36.4 Å². The fourth-order valence-corrected chi connectivity index (χ4v) is 2.28. The lowest BCUT2D eigenvalue weighted by Gasteiger charge is -2.13. The van der Waals surface area contributed by atoms with Crippen molar-refractivity contribution in [3.8, 4) is 0 Å². The first-order valence-electron chi connectivity index (χ1n) is 7.81. The number of benzene rings is 2. The van der Waals surface area contributed by atoms with Gasteiger partial charge in [-0.25, -0.2) is 14.4 Å². The molecule has 2 aromatic rings. The van der Waals surface area contributed by atoms with Gasteiger partial charge in [0.2, 0.25) is 0 Å². The van der Waals surface area contributed by atoms with Gasteiger partial charge >= 0.3 is 18.0 Å². The van der Waals surface area contributed by atoms with Crippen LogP contribution in [0.3, 0.4) is 0 Å². The average molecular weight is 356 g/mol. The van der Waals surface area contributed by atoms with Gasteiger partial charge in [-0.2, -0.15) is 0 Å². The third-order valence-electron chi connectivity index (χ3n) is 3.86. The molecule has 2 N–H and O–H groups in total. The van der Waals surface area contributed by atoms with Crippen molar-refractivity contribution in [3.63, 3.8) is 0 Å². The minimum Gasteiger partial charge on any atom is -0.465 e. The molecule has 0 spiro atoms. The molecule has 0 radical (unpaired) electrons. The van der Waals surface area contributed by atoms with E-state index in [4.69, 9.17) is 4.74 Å². The number of esters is 2. The molecule has 0 aromatic heterocycles. The Morgan fingerprint density at radius 1 is 0.808 bits per heavy atom. The molecule has 0 bridgehead atoms. The van der Waals surface area contributed by atoms with Crippen molar-refractivity contribution in [2.75, 3.05) is 24.9 Å². The predicted molar refractivity (Wildman–Crippen MR) is 97.7 cm³/mol. The van der Waals surface area contributed by atoms with E-state index in [-0.39, 0.29) is 16.8 Å². The summed E-state index contributed by atoms with van der Waals surface area (Å²) in [5.74, 6) is -1.22. The maximum atomic E-state index is 12.3. The lowest BCUT2D eigenvalue weighted by atomic mass is 10.1. The van der Waals surface area contributed by atoms with Gasteiger partial charge in [0.15, 0.2) is 0 Å². The van der Waals surface area contributed by atoms with E-state index in [0.29, 0.717) is 5.69 Å². The molecule has 0 unspecified atom stereocenters. The Balaban J connectivity index is 2.27. The van der Waals surface area contributed by atoms with Crippen molar-refractivity contribution in [1.29, 1.82) is 0 Å². The number of methoxy groups -OCH3 is 2. The van der Waals surface area contributed by atoms with E-state index < -0.39 is 18.0 Å². The number of hydrogen-bond acceptors (Lipinski definition) is 5. The smallest absolute Gasteiger partial charge is 0.339 e. The van der Waals surface area contributed by atoms with Gasteiger partial charge in [-0.1, -0.05) is 6.07 Å². The maximum Gasteiger partial charge on any atom is 0.339 e. The molecule has 26 heavy (non-hydrogen) atoms. The number of hydrogen-bond donors (Lipinski definition) is 2.